The molecule has 13 heavy (non-hydrogen) atoms. The van der Waals surface area contributed by atoms with Crippen molar-refractivity contribution in [2.75, 3.05) is 26.9 Å². The summed E-state index contributed by atoms with van der Waals surface area (Å²) in [6, 6.07) is 0. The fourth-order valence-corrected chi connectivity index (χ4v) is 0.667. The van der Waals surface area contributed by atoms with E-state index in [1.807, 2.05) is 43.4 Å². The van der Waals surface area contributed by atoms with Crippen LogP contribution >= 0.6 is 0 Å². The summed E-state index contributed by atoms with van der Waals surface area (Å²) in [5, 5.41) is 0. The highest BCUT2D eigenvalue weighted by molar-refractivity contribution is 5.10. The van der Waals surface area contributed by atoms with Crippen molar-refractivity contribution in [2.45, 2.75) is 6.92 Å². The van der Waals surface area contributed by atoms with Gasteiger partial charge in [-0.1, -0.05) is 36.5 Å². The van der Waals surface area contributed by atoms with E-state index < -0.39 is 0 Å². The van der Waals surface area contributed by atoms with Gasteiger partial charge in [-0.2, -0.15) is 0 Å². The number of methoxy groups -OCH3 is 1. The van der Waals surface area contributed by atoms with Crippen molar-refractivity contribution in [1.29, 1.82) is 0 Å². The van der Waals surface area contributed by atoms with E-state index in [1.165, 1.54) is 0 Å². The zero-order valence-electron chi connectivity index (χ0n) is 8.40. The summed E-state index contributed by atoms with van der Waals surface area (Å²) in [5.74, 6) is 0. The number of ether oxygens (including phenoxy) is 2. The summed E-state index contributed by atoms with van der Waals surface area (Å²) in [7, 11) is 1.67. The van der Waals surface area contributed by atoms with Crippen molar-refractivity contribution in [3.05, 3.63) is 36.5 Å². The van der Waals surface area contributed by atoms with Gasteiger partial charge in [0.25, 0.3) is 0 Å². The van der Waals surface area contributed by atoms with E-state index in [2.05, 4.69) is 0 Å². The van der Waals surface area contributed by atoms with Crippen molar-refractivity contribution >= 4 is 0 Å². The largest absolute Gasteiger partial charge is 0.382 e. The van der Waals surface area contributed by atoms with Crippen molar-refractivity contribution in [1.82, 2.24) is 0 Å². The highest BCUT2D eigenvalue weighted by atomic mass is 16.5. The molecule has 0 N–H and O–H groups in total. The lowest BCUT2D eigenvalue weighted by atomic mass is 10.4. The van der Waals surface area contributed by atoms with Crippen LogP contribution in [0.2, 0.25) is 0 Å². The highest BCUT2D eigenvalue weighted by Gasteiger charge is 1.80. The van der Waals surface area contributed by atoms with Gasteiger partial charge in [0.15, 0.2) is 0 Å². The first-order valence-corrected chi connectivity index (χ1v) is 4.43. The average Bonchev–Trinajstić information content (AvgIpc) is 2.16. The van der Waals surface area contributed by atoms with E-state index in [0.29, 0.717) is 19.8 Å². The third-order valence-electron chi connectivity index (χ3n) is 1.31. The topological polar surface area (TPSA) is 18.5 Å². The number of hydrogen-bond acceptors (Lipinski definition) is 2. The lowest BCUT2D eigenvalue weighted by Gasteiger charge is -1.97. The highest BCUT2D eigenvalue weighted by Crippen LogP contribution is 1.82. The minimum atomic E-state index is 0.642. The van der Waals surface area contributed by atoms with Gasteiger partial charge in [0, 0.05) is 7.11 Å². The van der Waals surface area contributed by atoms with E-state index in [1.54, 1.807) is 7.11 Å². The Morgan fingerprint density at radius 3 is 2.46 bits per heavy atom. The Morgan fingerprint density at radius 1 is 1.00 bits per heavy atom. The summed E-state index contributed by atoms with van der Waals surface area (Å²) in [4.78, 5) is 0. The first-order valence-electron chi connectivity index (χ1n) is 4.43. The maximum absolute atomic E-state index is 5.22. The summed E-state index contributed by atoms with van der Waals surface area (Å²) in [6.45, 7) is 3.94. The SMILES string of the molecule is C\C=C/C=C\C=C\COCCOC. The summed E-state index contributed by atoms with van der Waals surface area (Å²) in [6.07, 6.45) is 11.9. The molecule has 0 unspecified atom stereocenters. The van der Waals surface area contributed by atoms with Crippen LogP contribution in [0.5, 0.6) is 0 Å². The summed E-state index contributed by atoms with van der Waals surface area (Å²) >= 11 is 0. The van der Waals surface area contributed by atoms with Crippen LogP contribution in [-0.4, -0.2) is 26.9 Å². The molecule has 0 amide bonds. The zero-order valence-corrected chi connectivity index (χ0v) is 8.40. The quantitative estimate of drug-likeness (QED) is 0.444. The lowest BCUT2D eigenvalue weighted by molar-refractivity contribution is 0.0853. The number of hydrogen-bond donors (Lipinski definition) is 0. The molecule has 0 heterocycles. The second-order valence-electron chi connectivity index (χ2n) is 2.41. The average molecular weight is 182 g/mol. The lowest BCUT2D eigenvalue weighted by Crippen LogP contribution is -2.00. The van der Waals surface area contributed by atoms with Gasteiger partial charge >= 0.3 is 0 Å². The second kappa shape index (κ2) is 11.1. The number of rotatable bonds is 7. The standard InChI is InChI=1S/C11H18O2/c1-3-4-5-6-7-8-9-13-11-10-12-2/h3-8H,9-11H2,1-2H3/b4-3-,6-5-,8-7+. The van der Waals surface area contributed by atoms with Gasteiger partial charge in [0.2, 0.25) is 0 Å². The molecule has 0 fully saturated rings. The van der Waals surface area contributed by atoms with Gasteiger partial charge in [-0.25, -0.2) is 0 Å². The van der Waals surface area contributed by atoms with Crippen LogP contribution in [0.4, 0.5) is 0 Å². The molecule has 74 valence electrons. The first-order chi connectivity index (χ1) is 6.41. The maximum Gasteiger partial charge on any atom is 0.0704 e. The Morgan fingerprint density at radius 2 is 1.77 bits per heavy atom. The predicted octanol–water partition coefficient (Wildman–Crippen LogP) is 2.34. The van der Waals surface area contributed by atoms with Crippen LogP contribution in [0, 0.1) is 0 Å². The Labute approximate surface area is 80.5 Å². The Kier molecular flexibility index (Phi) is 10.4. The van der Waals surface area contributed by atoms with E-state index in [0.717, 1.165) is 0 Å². The minimum Gasteiger partial charge on any atom is -0.382 e. The molecule has 0 radical (unpaired) electrons. The van der Waals surface area contributed by atoms with Gasteiger partial charge < -0.3 is 9.47 Å². The van der Waals surface area contributed by atoms with Crippen LogP contribution in [0.3, 0.4) is 0 Å². The molecular formula is C11H18O2. The van der Waals surface area contributed by atoms with E-state index in [4.69, 9.17) is 9.47 Å². The molecule has 0 saturated heterocycles. The Balaban J connectivity index is 3.21. The molecule has 2 heteroatoms. The molecular weight excluding hydrogens is 164 g/mol. The predicted molar refractivity (Wildman–Crippen MR) is 55.8 cm³/mol. The van der Waals surface area contributed by atoms with Crippen molar-refractivity contribution < 1.29 is 9.47 Å². The summed E-state index contributed by atoms with van der Waals surface area (Å²) in [5.41, 5.74) is 0. The molecule has 0 rings (SSSR count). The Bertz CT molecular complexity index is 169. The van der Waals surface area contributed by atoms with Crippen molar-refractivity contribution in [3.8, 4) is 0 Å². The third kappa shape index (κ3) is 11.1. The van der Waals surface area contributed by atoms with Crippen LogP contribution in [0.25, 0.3) is 0 Å². The third-order valence-corrected chi connectivity index (χ3v) is 1.31. The van der Waals surface area contributed by atoms with Gasteiger partial charge in [-0.05, 0) is 6.92 Å². The fourth-order valence-electron chi connectivity index (χ4n) is 0.667. The molecule has 0 atom stereocenters. The minimum absolute atomic E-state index is 0.642. The molecule has 0 aromatic rings. The molecule has 0 aromatic heterocycles. The Hall–Kier alpha value is -0.860. The van der Waals surface area contributed by atoms with Crippen LogP contribution in [-0.2, 0) is 9.47 Å². The van der Waals surface area contributed by atoms with E-state index in [9.17, 15) is 0 Å². The smallest absolute Gasteiger partial charge is 0.0704 e. The van der Waals surface area contributed by atoms with Crippen molar-refractivity contribution in [3.63, 3.8) is 0 Å². The second-order valence-corrected chi connectivity index (χ2v) is 2.41. The van der Waals surface area contributed by atoms with Gasteiger partial charge in [0.05, 0.1) is 19.8 Å². The van der Waals surface area contributed by atoms with Crippen LogP contribution in [0.15, 0.2) is 36.5 Å². The molecule has 0 spiro atoms. The zero-order chi connectivity index (χ0) is 9.78. The normalized spacial score (nSPS) is 12.5. The van der Waals surface area contributed by atoms with Gasteiger partial charge in [-0.15, -0.1) is 0 Å². The van der Waals surface area contributed by atoms with Crippen LogP contribution in [0.1, 0.15) is 6.92 Å². The molecule has 0 aromatic carbocycles. The molecule has 2 nitrogen and oxygen atoms in total. The fraction of sp³-hybridized carbons (Fsp3) is 0.455. The molecule has 0 aliphatic heterocycles. The maximum atomic E-state index is 5.22. The monoisotopic (exact) mass is 182 g/mol. The van der Waals surface area contributed by atoms with E-state index >= 15 is 0 Å². The van der Waals surface area contributed by atoms with E-state index in [-0.39, 0.29) is 0 Å². The molecule has 0 aliphatic carbocycles. The first kappa shape index (κ1) is 12.1. The summed E-state index contributed by atoms with van der Waals surface area (Å²) < 4.78 is 10.0. The molecule has 0 aliphatic rings. The van der Waals surface area contributed by atoms with Gasteiger partial charge in [0.1, 0.15) is 0 Å². The molecule has 0 bridgehead atoms. The number of allylic oxidation sites excluding steroid dienone is 5. The van der Waals surface area contributed by atoms with Crippen LogP contribution < -0.4 is 0 Å². The van der Waals surface area contributed by atoms with Crippen molar-refractivity contribution in [2.24, 2.45) is 0 Å². The molecule has 0 saturated carbocycles. The van der Waals surface area contributed by atoms with Gasteiger partial charge in [-0.3, -0.25) is 0 Å².